The lowest BCUT2D eigenvalue weighted by molar-refractivity contribution is -0.140. The fraction of sp³-hybridized carbons (Fsp3) is 0.130. The number of Topliss-reactive ketones (excluding diaryl/α,β-unsaturated/α-hetero) is 1. The number of ketones is 1. The van der Waals surface area contributed by atoms with Crippen LogP contribution in [0.5, 0.6) is 0 Å². The first-order valence-electron chi connectivity index (χ1n) is 8.99. The largest absolute Gasteiger partial charge is 0.507 e. The molecule has 2 aromatic carbocycles. The highest BCUT2D eigenvalue weighted by molar-refractivity contribution is 6.46. The Morgan fingerprint density at radius 2 is 1.71 bits per heavy atom. The molecule has 0 saturated carbocycles. The number of hydrogen-bond donors (Lipinski definition) is 1. The van der Waals surface area contributed by atoms with E-state index in [1.807, 2.05) is 49.4 Å². The minimum absolute atomic E-state index is 0.0895. The summed E-state index contributed by atoms with van der Waals surface area (Å²) in [5.74, 6) is -0.954. The van der Waals surface area contributed by atoms with Crippen molar-refractivity contribution in [2.75, 3.05) is 0 Å². The van der Waals surface area contributed by atoms with Crippen molar-refractivity contribution >= 4 is 17.4 Å². The van der Waals surface area contributed by atoms with E-state index >= 15 is 0 Å². The molecule has 1 aliphatic heterocycles. The first-order valence-corrected chi connectivity index (χ1v) is 8.99. The monoisotopic (exact) mass is 373 g/mol. The van der Waals surface area contributed by atoms with Gasteiger partial charge in [0.05, 0.1) is 24.4 Å². The van der Waals surface area contributed by atoms with Gasteiger partial charge < -0.3 is 14.4 Å². The number of rotatable bonds is 4. The summed E-state index contributed by atoms with van der Waals surface area (Å²) in [6, 6.07) is 19.2. The molecule has 5 heteroatoms. The molecule has 2 heterocycles. The molecule has 140 valence electrons. The number of aliphatic hydroxyl groups is 1. The van der Waals surface area contributed by atoms with Gasteiger partial charge >= 0.3 is 0 Å². The lowest BCUT2D eigenvalue weighted by Gasteiger charge is -2.24. The van der Waals surface area contributed by atoms with Crippen LogP contribution in [-0.4, -0.2) is 21.7 Å². The summed E-state index contributed by atoms with van der Waals surface area (Å²) < 4.78 is 5.37. The van der Waals surface area contributed by atoms with Gasteiger partial charge in [0, 0.05) is 5.56 Å². The van der Waals surface area contributed by atoms with E-state index in [9.17, 15) is 14.7 Å². The van der Waals surface area contributed by atoms with Crippen LogP contribution in [0.1, 0.15) is 28.5 Å². The van der Waals surface area contributed by atoms with E-state index in [1.165, 1.54) is 11.2 Å². The van der Waals surface area contributed by atoms with Crippen LogP contribution in [0.25, 0.3) is 5.76 Å². The number of hydrogen-bond acceptors (Lipinski definition) is 4. The summed E-state index contributed by atoms with van der Waals surface area (Å²) in [5, 5.41) is 10.9. The fourth-order valence-corrected chi connectivity index (χ4v) is 3.46. The molecule has 0 bridgehead atoms. The lowest BCUT2D eigenvalue weighted by Crippen LogP contribution is -2.29. The predicted molar refractivity (Wildman–Crippen MR) is 104 cm³/mol. The molecule has 5 nitrogen and oxygen atoms in total. The van der Waals surface area contributed by atoms with Crippen LogP contribution in [0, 0.1) is 6.92 Å². The second-order valence-corrected chi connectivity index (χ2v) is 6.78. The topological polar surface area (TPSA) is 70.8 Å². The molecule has 1 fully saturated rings. The number of carbonyl (C=O) groups excluding carboxylic acids is 2. The van der Waals surface area contributed by atoms with Gasteiger partial charge in [0.2, 0.25) is 0 Å². The molecule has 3 aromatic rings. The molecule has 0 radical (unpaired) electrons. The number of aliphatic hydroxyl groups excluding tert-OH is 1. The Morgan fingerprint density at radius 1 is 1.00 bits per heavy atom. The van der Waals surface area contributed by atoms with Crippen LogP contribution < -0.4 is 0 Å². The average Bonchev–Trinajstić information content (AvgIpc) is 3.31. The third-order valence-electron chi connectivity index (χ3n) is 4.89. The Bertz CT molecular complexity index is 1030. The minimum atomic E-state index is -0.696. The molecule has 1 atom stereocenters. The highest BCUT2D eigenvalue weighted by Crippen LogP contribution is 2.40. The molecule has 1 amide bonds. The van der Waals surface area contributed by atoms with E-state index < -0.39 is 17.7 Å². The van der Waals surface area contributed by atoms with E-state index in [-0.39, 0.29) is 17.9 Å². The number of carbonyl (C=O) groups is 2. The Labute approximate surface area is 162 Å². The molecular formula is C23H19NO4. The molecule has 1 aromatic heterocycles. The van der Waals surface area contributed by atoms with Crippen molar-refractivity contribution < 1.29 is 19.1 Å². The number of likely N-dealkylation sites (tertiary alicyclic amines) is 1. The Morgan fingerprint density at radius 3 is 2.36 bits per heavy atom. The zero-order valence-electron chi connectivity index (χ0n) is 15.3. The van der Waals surface area contributed by atoms with E-state index in [4.69, 9.17) is 4.42 Å². The van der Waals surface area contributed by atoms with Gasteiger partial charge in [-0.3, -0.25) is 9.59 Å². The Balaban J connectivity index is 1.85. The highest BCUT2D eigenvalue weighted by Gasteiger charge is 2.46. The van der Waals surface area contributed by atoms with Gasteiger partial charge in [-0.15, -0.1) is 0 Å². The quantitative estimate of drug-likeness (QED) is 0.422. The van der Waals surface area contributed by atoms with Gasteiger partial charge in [0.25, 0.3) is 11.7 Å². The van der Waals surface area contributed by atoms with Gasteiger partial charge in [0.1, 0.15) is 11.5 Å². The molecule has 1 aliphatic rings. The summed E-state index contributed by atoms with van der Waals surface area (Å²) in [5.41, 5.74) is 2.38. The van der Waals surface area contributed by atoms with E-state index in [0.29, 0.717) is 11.3 Å². The summed E-state index contributed by atoms with van der Waals surface area (Å²) >= 11 is 0. The number of furan rings is 1. The molecule has 4 rings (SSSR count). The first kappa shape index (κ1) is 17.8. The van der Waals surface area contributed by atoms with Gasteiger partial charge in [-0.05, 0) is 24.6 Å². The molecule has 0 aliphatic carbocycles. The highest BCUT2D eigenvalue weighted by atomic mass is 16.3. The molecule has 1 N–H and O–H groups in total. The van der Waals surface area contributed by atoms with Gasteiger partial charge in [0.15, 0.2) is 0 Å². The van der Waals surface area contributed by atoms with Gasteiger partial charge in [-0.25, -0.2) is 0 Å². The van der Waals surface area contributed by atoms with Crippen molar-refractivity contribution in [3.63, 3.8) is 0 Å². The number of amides is 1. The molecule has 0 unspecified atom stereocenters. The van der Waals surface area contributed by atoms with Crippen molar-refractivity contribution in [1.29, 1.82) is 0 Å². The normalized spacial score (nSPS) is 18.6. The first-order chi connectivity index (χ1) is 13.6. The van der Waals surface area contributed by atoms with Crippen LogP contribution in [0.15, 0.2) is 83.0 Å². The Kier molecular flexibility index (Phi) is 4.57. The molecule has 28 heavy (non-hydrogen) atoms. The van der Waals surface area contributed by atoms with Gasteiger partial charge in [-0.1, -0.05) is 60.2 Å². The Hall–Kier alpha value is -3.60. The smallest absolute Gasteiger partial charge is 0.296 e. The second-order valence-electron chi connectivity index (χ2n) is 6.78. The number of aryl methyl sites for hydroxylation is 1. The maximum Gasteiger partial charge on any atom is 0.296 e. The second kappa shape index (κ2) is 7.19. The zero-order valence-corrected chi connectivity index (χ0v) is 15.3. The fourth-order valence-electron chi connectivity index (χ4n) is 3.46. The van der Waals surface area contributed by atoms with Crippen molar-refractivity contribution in [2.24, 2.45) is 0 Å². The number of benzene rings is 2. The molecule has 0 spiro atoms. The average molecular weight is 373 g/mol. The third kappa shape index (κ3) is 3.11. The van der Waals surface area contributed by atoms with Crippen molar-refractivity contribution in [2.45, 2.75) is 19.5 Å². The number of nitrogens with zero attached hydrogens (tertiary/aromatic N) is 1. The summed E-state index contributed by atoms with van der Waals surface area (Å²) in [7, 11) is 0. The van der Waals surface area contributed by atoms with Gasteiger partial charge in [-0.2, -0.15) is 0 Å². The predicted octanol–water partition coefficient (Wildman–Crippen LogP) is 4.21. The maximum atomic E-state index is 12.9. The standard InChI is InChI=1S/C23H19NO4/c1-15-9-11-17(12-10-15)21(25)19-20(16-6-3-2-4-7-16)24(23(27)22(19)26)14-18-8-5-13-28-18/h2-13,20,25H,14H2,1H3/t20-/m1/s1. The molecular weight excluding hydrogens is 354 g/mol. The molecule has 1 saturated heterocycles. The summed E-state index contributed by atoms with van der Waals surface area (Å²) in [6.45, 7) is 2.08. The van der Waals surface area contributed by atoms with Crippen LogP contribution in [-0.2, 0) is 16.1 Å². The van der Waals surface area contributed by atoms with Crippen molar-refractivity contribution in [1.82, 2.24) is 4.90 Å². The van der Waals surface area contributed by atoms with Crippen LogP contribution in [0.3, 0.4) is 0 Å². The summed E-state index contributed by atoms with van der Waals surface area (Å²) in [4.78, 5) is 27.1. The third-order valence-corrected chi connectivity index (χ3v) is 4.89. The van der Waals surface area contributed by atoms with Crippen molar-refractivity contribution in [3.05, 3.63) is 101 Å². The van der Waals surface area contributed by atoms with E-state index in [1.54, 1.807) is 24.3 Å². The zero-order chi connectivity index (χ0) is 19.7. The maximum absolute atomic E-state index is 12.9. The lowest BCUT2D eigenvalue weighted by atomic mass is 9.95. The van der Waals surface area contributed by atoms with E-state index in [0.717, 1.165) is 11.1 Å². The van der Waals surface area contributed by atoms with E-state index in [2.05, 4.69) is 0 Å². The minimum Gasteiger partial charge on any atom is -0.507 e. The van der Waals surface area contributed by atoms with Crippen LogP contribution in [0.2, 0.25) is 0 Å². The van der Waals surface area contributed by atoms with Crippen LogP contribution in [0.4, 0.5) is 0 Å². The van der Waals surface area contributed by atoms with Crippen LogP contribution >= 0.6 is 0 Å². The summed E-state index contributed by atoms with van der Waals surface area (Å²) in [6.07, 6.45) is 1.52. The van der Waals surface area contributed by atoms with Crippen molar-refractivity contribution in [3.8, 4) is 0 Å². The SMILES string of the molecule is Cc1ccc(C(O)=C2C(=O)C(=O)N(Cc3ccco3)[C@@H]2c2ccccc2)cc1.